The maximum Gasteiger partial charge on any atom is 0.134 e. The van der Waals surface area contributed by atoms with Crippen LogP contribution in [0, 0.1) is 13.8 Å². The average Bonchev–Trinajstić information content (AvgIpc) is 2.41. The molecule has 2 rings (SSSR count). The van der Waals surface area contributed by atoms with Gasteiger partial charge in [-0.05, 0) is 44.9 Å². The summed E-state index contributed by atoms with van der Waals surface area (Å²) in [7, 11) is 0. The predicted octanol–water partition coefficient (Wildman–Crippen LogP) is 3.24. The Bertz CT molecular complexity index is 503. The van der Waals surface area contributed by atoms with Crippen molar-refractivity contribution in [3.05, 3.63) is 35.1 Å². The summed E-state index contributed by atoms with van der Waals surface area (Å²) in [6.07, 6.45) is 0. The van der Waals surface area contributed by atoms with E-state index < -0.39 is 0 Å². The lowest BCUT2D eigenvalue weighted by Gasteiger charge is -2.20. The second-order valence-electron chi connectivity index (χ2n) is 4.68. The Kier molecular flexibility index (Phi) is 2.12. The first-order valence-corrected chi connectivity index (χ1v) is 5.19. The number of benzene rings is 1. The summed E-state index contributed by atoms with van der Waals surface area (Å²) in [6.45, 7) is 8.10. The van der Waals surface area contributed by atoms with Crippen LogP contribution in [-0.4, -0.2) is 0 Å². The highest BCUT2D eigenvalue weighted by Gasteiger charge is 2.20. The van der Waals surface area contributed by atoms with E-state index in [1.165, 1.54) is 10.9 Å². The zero-order chi connectivity index (χ0) is 11.2. The van der Waals surface area contributed by atoms with Gasteiger partial charge in [0.15, 0.2) is 0 Å². The van der Waals surface area contributed by atoms with Gasteiger partial charge in [0.2, 0.25) is 0 Å². The summed E-state index contributed by atoms with van der Waals surface area (Å²) in [5, 5.41) is 1.17. The molecule has 0 aliphatic heterocycles. The number of fused-ring (bicyclic) bond motifs is 1. The molecular formula is C13H17NO. The second-order valence-corrected chi connectivity index (χ2v) is 4.68. The molecule has 0 fully saturated rings. The molecule has 1 heterocycles. The van der Waals surface area contributed by atoms with Crippen molar-refractivity contribution >= 4 is 11.0 Å². The van der Waals surface area contributed by atoms with E-state index in [0.717, 1.165) is 16.9 Å². The van der Waals surface area contributed by atoms with Gasteiger partial charge in [-0.1, -0.05) is 12.1 Å². The molecule has 1 aromatic carbocycles. The molecule has 0 saturated carbocycles. The summed E-state index contributed by atoms with van der Waals surface area (Å²) in [4.78, 5) is 0. The predicted molar refractivity (Wildman–Crippen MR) is 62.9 cm³/mol. The van der Waals surface area contributed by atoms with E-state index in [0.29, 0.717) is 0 Å². The van der Waals surface area contributed by atoms with Crippen molar-refractivity contribution in [2.75, 3.05) is 0 Å². The van der Waals surface area contributed by atoms with E-state index in [-0.39, 0.29) is 5.54 Å². The second kappa shape index (κ2) is 3.11. The van der Waals surface area contributed by atoms with Crippen LogP contribution in [-0.2, 0) is 5.54 Å². The largest absolute Gasteiger partial charge is 0.461 e. The highest BCUT2D eigenvalue weighted by atomic mass is 16.3. The van der Waals surface area contributed by atoms with Crippen LogP contribution >= 0.6 is 0 Å². The topological polar surface area (TPSA) is 39.2 Å². The molecule has 0 saturated heterocycles. The summed E-state index contributed by atoms with van der Waals surface area (Å²) in [5.41, 5.74) is 9.10. The van der Waals surface area contributed by atoms with Crippen LogP contribution in [0.15, 0.2) is 22.6 Å². The fourth-order valence-electron chi connectivity index (χ4n) is 1.96. The van der Waals surface area contributed by atoms with Gasteiger partial charge in [0, 0.05) is 10.9 Å². The van der Waals surface area contributed by atoms with Gasteiger partial charge in [-0.3, -0.25) is 0 Å². The molecule has 0 spiro atoms. The number of rotatable bonds is 1. The fraction of sp³-hybridized carbons (Fsp3) is 0.385. The summed E-state index contributed by atoms with van der Waals surface area (Å²) in [5.74, 6) is 0.974. The molecule has 1 aromatic heterocycles. The molecule has 2 heteroatoms. The lowest BCUT2D eigenvalue weighted by Crippen LogP contribution is -2.28. The smallest absolute Gasteiger partial charge is 0.134 e. The number of hydrogen-bond acceptors (Lipinski definition) is 2. The van der Waals surface area contributed by atoms with Crippen molar-refractivity contribution in [1.82, 2.24) is 0 Å². The quantitative estimate of drug-likeness (QED) is 0.772. The third-order valence-corrected chi connectivity index (χ3v) is 2.89. The maximum absolute atomic E-state index is 6.16. The van der Waals surface area contributed by atoms with Gasteiger partial charge in [0.25, 0.3) is 0 Å². The van der Waals surface area contributed by atoms with Gasteiger partial charge >= 0.3 is 0 Å². The van der Waals surface area contributed by atoms with Gasteiger partial charge < -0.3 is 10.2 Å². The van der Waals surface area contributed by atoms with Crippen molar-refractivity contribution in [1.29, 1.82) is 0 Å². The third kappa shape index (κ3) is 1.55. The fourth-order valence-corrected chi connectivity index (χ4v) is 1.96. The lowest BCUT2D eigenvalue weighted by molar-refractivity contribution is 0.557. The van der Waals surface area contributed by atoms with Gasteiger partial charge in [0.05, 0.1) is 0 Å². The molecule has 80 valence electrons. The number of furan rings is 1. The van der Waals surface area contributed by atoms with E-state index in [1.54, 1.807) is 0 Å². The minimum absolute atomic E-state index is 0.333. The van der Waals surface area contributed by atoms with Crippen LogP contribution in [0.4, 0.5) is 0 Å². The summed E-state index contributed by atoms with van der Waals surface area (Å²) in [6, 6.07) is 6.06. The van der Waals surface area contributed by atoms with E-state index >= 15 is 0 Å². The zero-order valence-corrected chi connectivity index (χ0v) is 9.72. The van der Waals surface area contributed by atoms with E-state index in [9.17, 15) is 0 Å². The van der Waals surface area contributed by atoms with Crippen molar-refractivity contribution in [3.63, 3.8) is 0 Å². The van der Waals surface area contributed by atoms with Crippen LogP contribution in [0.5, 0.6) is 0 Å². The van der Waals surface area contributed by atoms with E-state index in [4.69, 9.17) is 10.2 Å². The first kappa shape index (κ1) is 10.2. The van der Waals surface area contributed by atoms with Gasteiger partial charge in [0.1, 0.15) is 11.3 Å². The first-order chi connectivity index (χ1) is 6.91. The van der Waals surface area contributed by atoms with Crippen LogP contribution in [0.2, 0.25) is 0 Å². The Morgan fingerprint density at radius 3 is 2.47 bits per heavy atom. The average molecular weight is 203 g/mol. The van der Waals surface area contributed by atoms with Gasteiger partial charge in [-0.25, -0.2) is 0 Å². The summed E-state index contributed by atoms with van der Waals surface area (Å²) >= 11 is 0. The monoisotopic (exact) mass is 203 g/mol. The molecule has 0 atom stereocenters. The third-order valence-electron chi connectivity index (χ3n) is 2.89. The molecule has 2 aromatic rings. The zero-order valence-electron chi connectivity index (χ0n) is 9.72. The SMILES string of the molecule is Cc1oc2cccc(C(C)(C)N)c2c1C. The number of aryl methyl sites for hydroxylation is 2. The van der Waals surface area contributed by atoms with Gasteiger partial charge in [-0.2, -0.15) is 0 Å². The molecule has 2 N–H and O–H groups in total. The Hall–Kier alpha value is -1.28. The van der Waals surface area contributed by atoms with Crippen LogP contribution in [0.25, 0.3) is 11.0 Å². The minimum atomic E-state index is -0.333. The molecule has 0 amide bonds. The molecule has 0 aliphatic rings. The number of nitrogens with two attached hydrogens (primary N) is 1. The molecule has 0 radical (unpaired) electrons. The van der Waals surface area contributed by atoms with Crippen molar-refractivity contribution < 1.29 is 4.42 Å². The normalized spacial score (nSPS) is 12.3. The molecule has 0 bridgehead atoms. The van der Waals surface area contributed by atoms with E-state index in [1.807, 2.05) is 32.9 Å². The Morgan fingerprint density at radius 2 is 1.87 bits per heavy atom. The van der Waals surface area contributed by atoms with Gasteiger partial charge in [-0.15, -0.1) is 0 Å². The highest BCUT2D eigenvalue weighted by molar-refractivity contribution is 5.86. The number of hydrogen-bond donors (Lipinski definition) is 1. The Balaban J connectivity index is 2.86. The maximum atomic E-state index is 6.16. The lowest BCUT2D eigenvalue weighted by atomic mass is 9.91. The highest BCUT2D eigenvalue weighted by Crippen LogP contribution is 2.32. The molecule has 15 heavy (non-hydrogen) atoms. The van der Waals surface area contributed by atoms with Crippen LogP contribution in [0.3, 0.4) is 0 Å². The molecule has 0 unspecified atom stereocenters. The van der Waals surface area contributed by atoms with Crippen molar-refractivity contribution in [3.8, 4) is 0 Å². The summed E-state index contributed by atoms with van der Waals surface area (Å²) < 4.78 is 5.68. The molecule has 0 aliphatic carbocycles. The minimum Gasteiger partial charge on any atom is -0.461 e. The molecule has 2 nitrogen and oxygen atoms in total. The Labute approximate surface area is 90.1 Å². The van der Waals surface area contributed by atoms with E-state index in [2.05, 4.69) is 13.0 Å². The standard InChI is InChI=1S/C13H17NO/c1-8-9(2)15-11-7-5-6-10(12(8)11)13(3,4)14/h5-7H,14H2,1-4H3. The Morgan fingerprint density at radius 1 is 1.20 bits per heavy atom. The van der Waals surface area contributed by atoms with Crippen molar-refractivity contribution in [2.45, 2.75) is 33.2 Å². The molecular weight excluding hydrogens is 186 g/mol. The van der Waals surface area contributed by atoms with Crippen LogP contribution < -0.4 is 5.73 Å². The van der Waals surface area contributed by atoms with Crippen LogP contribution in [0.1, 0.15) is 30.7 Å². The first-order valence-electron chi connectivity index (χ1n) is 5.19. The van der Waals surface area contributed by atoms with Crippen molar-refractivity contribution in [2.24, 2.45) is 5.73 Å².